The topological polar surface area (TPSA) is 71.0 Å². The second-order valence-electron chi connectivity index (χ2n) is 6.64. The highest BCUT2D eigenvalue weighted by Crippen LogP contribution is 2.32. The van der Waals surface area contributed by atoms with E-state index in [-0.39, 0.29) is 11.9 Å². The number of nitrogens with zero attached hydrogens (tertiary/aromatic N) is 4. The maximum atomic E-state index is 12.8. The predicted molar refractivity (Wildman–Crippen MR) is 102 cm³/mol. The van der Waals surface area contributed by atoms with Gasteiger partial charge in [-0.25, -0.2) is 15.0 Å². The van der Waals surface area contributed by atoms with Gasteiger partial charge in [-0.3, -0.25) is 4.79 Å². The number of aromatic nitrogens is 3. The average molecular weight is 399 g/mol. The van der Waals surface area contributed by atoms with Gasteiger partial charge in [-0.1, -0.05) is 18.7 Å². The van der Waals surface area contributed by atoms with Crippen molar-refractivity contribution in [3.63, 3.8) is 0 Å². The van der Waals surface area contributed by atoms with Crippen molar-refractivity contribution in [3.8, 4) is 11.4 Å². The number of fused-ring (bicyclic) bond motifs is 1. The molecule has 6 nitrogen and oxygen atoms in total. The number of amides is 1. The number of rotatable bonds is 4. The van der Waals surface area contributed by atoms with E-state index in [1.54, 1.807) is 12.3 Å². The van der Waals surface area contributed by atoms with E-state index in [0.717, 1.165) is 17.5 Å². The zero-order chi connectivity index (χ0) is 20.6. The standard InChI is InChI=1S/C20H16F3N5O/c1-2-16(29)25-14-10-28(11-14)19-15-4-3-9-24-18(15)26-17(27-19)12-5-7-13(8-6-12)20(21,22)23/h2-9,14H,1,10-11H2,(H,25,29). The lowest BCUT2D eigenvalue weighted by Gasteiger charge is -2.40. The number of benzene rings is 1. The summed E-state index contributed by atoms with van der Waals surface area (Å²) in [5, 5.41) is 3.55. The highest BCUT2D eigenvalue weighted by Gasteiger charge is 2.31. The van der Waals surface area contributed by atoms with Crippen molar-refractivity contribution in [2.45, 2.75) is 12.2 Å². The Hall–Kier alpha value is -3.49. The van der Waals surface area contributed by atoms with Crippen molar-refractivity contribution >= 4 is 22.8 Å². The molecule has 1 aromatic carbocycles. The van der Waals surface area contributed by atoms with Crippen molar-refractivity contribution in [1.82, 2.24) is 20.3 Å². The molecule has 0 unspecified atom stereocenters. The Bertz CT molecular complexity index is 1080. The van der Waals surface area contributed by atoms with E-state index in [1.165, 1.54) is 18.2 Å². The first kappa shape index (κ1) is 18.9. The summed E-state index contributed by atoms with van der Waals surface area (Å²) < 4.78 is 38.5. The number of hydrogen-bond donors (Lipinski definition) is 1. The van der Waals surface area contributed by atoms with Crippen LogP contribution in [0.15, 0.2) is 55.3 Å². The van der Waals surface area contributed by atoms with Crippen LogP contribution >= 0.6 is 0 Å². The normalized spacial score (nSPS) is 14.5. The van der Waals surface area contributed by atoms with Crippen LogP contribution in [0.4, 0.5) is 19.0 Å². The van der Waals surface area contributed by atoms with Gasteiger partial charge in [0.15, 0.2) is 11.5 Å². The number of halogens is 3. The molecule has 9 heteroatoms. The third-order valence-electron chi connectivity index (χ3n) is 4.63. The molecule has 29 heavy (non-hydrogen) atoms. The quantitative estimate of drug-likeness (QED) is 0.683. The zero-order valence-corrected chi connectivity index (χ0v) is 15.1. The molecule has 1 fully saturated rings. The molecule has 2 aromatic heterocycles. The van der Waals surface area contributed by atoms with Gasteiger partial charge in [0.1, 0.15) is 5.82 Å². The predicted octanol–water partition coefficient (Wildman–Crippen LogP) is 3.20. The summed E-state index contributed by atoms with van der Waals surface area (Å²) in [7, 11) is 0. The zero-order valence-electron chi connectivity index (χ0n) is 15.1. The molecule has 1 amide bonds. The fourth-order valence-electron chi connectivity index (χ4n) is 3.13. The van der Waals surface area contributed by atoms with Crippen LogP contribution in [0.25, 0.3) is 22.4 Å². The van der Waals surface area contributed by atoms with Crippen molar-refractivity contribution in [3.05, 3.63) is 60.8 Å². The van der Waals surface area contributed by atoms with E-state index >= 15 is 0 Å². The fraction of sp³-hybridized carbons (Fsp3) is 0.200. The molecule has 0 bridgehead atoms. The number of alkyl halides is 3. The molecule has 0 atom stereocenters. The summed E-state index contributed by atoms with van der Waals surface area (Å²) in [6.07, 6.45) is -1.59. The molecule has 1 aliphatic heterocycles. The van der Waals surface area contributed by atoms with Crippen LogP contribution in [0.3, 0.4) is 0 Å². The van der Waals surface area contributed by atoms with Crippen molar-refractivity contribution < 1.29 is 18.0 Å². The number of nitrogens with one attached hydrogen (secondary N) is 1. The molecule has 3 aromatic rings. The molecule has 3 heterocycles. The lowest BCUT2D eigenvalue weighted by Crippen LogP contribution is -2.59. The third-order valence-corrected chi connectivity index (χ3v) is 4.63. The maximum Gasteiger partial charge on any atom is 0.416 e. The average Bonchev–Trinajstić information content (AvgIpc) is 2.69. The summed E-state index contributed by atoms with van der Waals surface area (Å²) in [4.78, 5) is 26.7. The highest BCUT2D eigenvalue weighted by atomic mass is 19.4. The molecule has 1 aliphatic rings. The highest BCUT2D eigenvalue weighted by molar-refractivity contribution is 5.90. The Balaban J connectivity index is 1.67. The van der Waals surface area contributed by atoms with Crippen LogP contribution in [-0.2, 0) is 11.0 Å². The minimum absolute atomic E-state index is 0.0308. The van der Waals surface area contributed by atoms with E-state index in [9.17, 15) is 18.0 Å². The smallest absolute Gasteiger partial charge is 0.352 e. The van der Waals surface area contributed by atoms with E-state index in [4.69, 9.17) is 0 Å². The van der Waals surface area contributed by atoms with E-state index in [1.807, 2.05) is 11.0 Å². The second-order valence-corrected chi connectivity index (χ2v) is 6.64. The molecule has 0 spiro atoms. The largest absolute Gasteiger partial charge is 0.416 e. The first-order chi connectivity index (χ1) is 13.8. The van der Waals surface area contributed by atoms with Crippen molar-refractivity contribution in [2.24, 2.45) is 0 Å². The van der Waals surface area contributed by atoms with Gasteiger partial charge in [0.25, 0.3) is 0 Å². The molecule has 0 aliphatic carbocycles. The van der Waals surface area contributed by atoms with Crippen molar-refractivity contribution in [2.75, 3.05) is 18.0 Å². The van der Waals surface area contributed by atoms with Gasteiger partial charge >= 0.3 is 6.18 Å². The van der Waals surface area contributed by atoms with Crippen LogP contribution in [0.1, 0.15) is 5.56 Å². The molecule has 148 valence electrons. The number of carbonyl (C=O) groups is 1. The maximum absolute atomic E-state index is 12.8. The molecule has 1 saturated heterocycles. The Morgan fingerprint density at radius 3 is 2.55 bits per heavy atom. The van der Waals surface area contributed by atoms with Crippen LogP contribution in [0, 0.1) is 0 Å². The fourth-order valence-corrected chi connectivity index (χ4v) is 3.13. The third kappa shape index (κ3) is 3.75. The van der Waals surface area contributed by atoms with Gasteiger partial charge in [0.2, 0.25) is 5.91 Å². The Labute approximate surface area is 164 Å². The Morgan fingerprint density at radius 2 is 1.90 bits per heavy atom. The SMILES string of the molecule is C=CC(=O)NC1CN(c2nc(-c3ccc(C(F)(F)F)cc3)nc3ncccc23)C1. The lowest BCUT2D eigenvalue weighted by atomic mass is 10.1. The number of pyridine rings is 1. The van der Waals surface area contributed by atoms with Gasteiger partial charge in [0.05, 0.1) is 17.0 Å². The number of hydrogen-bond acceptors (Lipinski definition) is 5. The first-order valence-corrected chi connectivity index (χ1v) is 8.83. The van der Waals surface area contributed by atoms with Crippen LogP contribution in [0.5, 0.6) is 0 Å². The van der Waals surface area contributed by atoms with Crippen LogP contribution in [-0.4, -0.2) is 40.0 Å². The number of carbonyl (C=O) groups excluding carboxylic acids is 1. The molecular formula is C20H16F3N5O. The lowest BCUT2D eigenvalue weighted by molar-refractivity contribution is -0.137. The Kier molecular flexibility index (Phi) is 4.65. The minimum atomic E-state index is -4.40. The number of anilines is 1. The van der Waals surface area contributed by atoms with E-state index < -0.39 is 11.7 Å². The molecule has 0 radical (unpaired) electrons. The van der Waals surface area contributed by atoms with Gasteiger partial charge in [-0.15, -0.1) is 0 Å². The molecule has 4 rings (SSSR count). The summed E-state index contributed by atoms with van der Waals surface area (Å²) in [6, 6.07) is 8.28. The second kappa shape index (κ2) is 7.16. The minimum Gasteiger partial charge on any atom is -0.352 e. The first-order valence-electron chi connectivity index (χ1n) is 8.83. The van der Waals surface area contributed by atoms with Crippen molar-refractivity contribution in [1.29, 1.82) is 0 Å². The summed E-state index contributed by atoms with van der Waals surface area (Å²) in [5.41, 5.74) is 0.179. The van der Waals surface area contributed by atoms with E-state index in [0.29, 0.717) is 35.9 Å². The summed E-state index contributed by atoms with van der Waals surface area (Å²) >= 11 is 0. The van der Waals surface area contributed by atoms with Gasteiger partial charge < -0.3 is 10.2 Å². The van der Waals surface area contributed by atoms with Gasteiger partial charge in [0, 0.05) is 24.8 Å². The molecule has 0 saturated carbocycles. The van der Waals surface area contributed by atoms with E-state index in [2.05, 4.69) is 26.8 Å². The van der Waals surface area contributed by atoms with Crippen LogP contribution in [0.2, 0.25) is 0 Å². The van der Waals surface area contributed by atoms with Gasteiger partial charge in [-0.05, 0) is 30.3 Å². The molecular weight excluding hydrogens is 383 g/mol. The summed E-state index contributed by atoms with van der Waals surface area (Å²) in [6.45, 7) is 4.53. The van der Waals surface area contributed by atoms with Gasteiger partial charge in [-0.2, -0.15) is 13.2 Å². The Morgan fingerprint density at radius 1 is 1.17 bits per heavy atom. The monoisotopic (exact) mass is 399 g/mol. The summed E-state index contributed by atoms with van der Waals surface area (Å²) in [5.74, 6) is 0.676. The van der Waals surface area contributed by atoms with Crippen LogP contribution < -0.4 is 10.2 Å². The molecule has 1 N–H and O–H groups in total.